The molecular formula is C22H27NO4S. The summed E-state index contributed by atoms with van der Waals surface area (Å²) < 4.78 is 11.0. The fourth-order valence-electron chi connectivity index (χ4n) is 3.57. The summed E-state index contributed by atoms with van der Waals surface area (Å²) in [5.74, 6) is 0.0653. The predicted octanol–water partition coefficient (Wildman–Crippen LogP) is 4.83. The molecule has 0 saturated heterocycles. The number of carbonyl (C=O) groups is 2. The van der Waals surface area contributed by atoms with E-state index in [4.69, 9.17) is 9.47 Å². The molecule has 0 aliphatic heterocycles. The van der Waals surface area contributed by atoms with Gasteiger partial charge >= 0.3 is 5.97 Å². The molecule has 1 aromatic carbocycles. The topological polar surface area (TPSA) is 64.6 Å². The summed E-state index contributed by atoms with van der Waals surface area (Å²) in [6.07, 6.45) is 3.84. The van der Waals surface area contributed by atoms with Crippen molar-refractivity contribution in [3.8, 4) is 5.75 Å². The number of rotatable bonds is 6. The van der Waals surface area contributed by atoms with Crippen LogP contribution in [0.25, 0.3) is 0 Å². The first-order valence-corrected chi connectivity index (χ1v) is 10.5. The number of esters is 1. The van der Waals surface area contributed by atoms with Crippen molar-refractivity contribution in [2.75, 3.05) is 12.4 Å². The Morgan fingerprint density at radius 2 is 1.96 bits per heavy atom. The molecule has 28 heavy (non-hydrogen) atoms. The highest BCUT2D eigenvalue weighted by Crippen LogP contribution is 2.38. The van der Waals surface area contributed by atoms with Crippen molar-refractivity contribution in [3.63, 3.8) is 0 Å². The van der Waals surface area contributed by atoms with Crippen molar-refractivity contribution in [1.82, 2.24) is 0 Å². The molecular weight excluding hydrogens is 374 g/mol. The van der Waals surface area contributed by atoms with E-state index in [2.05, 4.69) is 5.32 Å². The van der Waals surface area contributed by atoms with Crippen LogP contribution in [0.2, 0.25) is 0 Å². The van der Waals surface area contributed by atoms with E-state index in [0.717, 1.165) is 42.4 Å². The third-order valence-corrected chi connectivity index (χ3v) is 6.27. The molecule has 0 spiro atoms. The lowest BCUT2D eigenvalue weighted by Gasteiger charge is -2.19. The summed E-state index contributed by atoms with van der Waals surface area (Å²) in [6, 6.07) is 5.89. The number of methoxy groups -OCH3 is 1. The van der Waals surface area contributed by atoms with Gasteiger partial charge in [-0.15, -0.1) is 11.3 Å². The molecule has 1 aliphatic rings. The van der Waals surface area contributed by atoms with E-state index in [1.54, 1.807) is 0 Å². The molecule has 0 bridgehead atoms. The van der Waals surface area contributed by atoms with Crippen LogP contribution in [0.3, 0.4) is 0 Å². The number of amides is 1. The normalized spacial score (nSPS) is 14.1. The van der Waals surface area contributed by atoms with Gasteiger partial charge in [-0.25, -0.2) is 4.79 Å². The van der Waals surface area contributed by atoms with Crippen LogP contribution in [0.4, 0.5) is 5.00 Å². The highest BCUT2D eigenvalue weighted by molar-refractivity contribution is 7.17. The molecule has 6 heteroatoms. The van der Waals surface area contributed by atoms with Crippen LogP contribution in [0.5, 0.6) is 5.75 Å². The minimum atomic E-state index is -0.633. The van der Waals surface area contributed by atoms with Crippen molar-refractivity contribution >= 4 is 28.2 Å². The summed E-state index contributed by atoms with van der Waals surface area (Å²) in [5.41, 5.74) is 3.68. The molecule has 0 radical (unpaired) electrons. The maximum Gasteiger partial charge on any atom is 0.341 e. The van der Waals surface area contributed by atoms with Crippen LogP contribution in [-0.4, -0.2) is 25.1 Å². The molecule has 0 unspecified atom stereocenters. The van der Waals surface area contributed by atoms with Gasteiger partial charge in [0.2, 0.25) is 0 Å². The summed E-state index contributed by atoms with van der Waals surface area (Å²) in [5, 5.41) is 3.51. The lowest BCUT2D eigenvalue weighted by Crippen LogP contribution is -2.32. The van der Waals surface area contributed by atoms with Gasteiger partial charge in [0, 0.05) is 4.88 Å². The number of carbonyl (C=O) groups excluding carboxylic acids is 2. The Morgan fingerprint density at radius 3 is 2.64 bits per heavy atom. The quantitative estimate of drug-likeness (QED) is 0.705. The lowest BCUT2D eigenvalue weighted by molar-refractivity contribution is -0.122. The number of thiophene rings is 1. The Bertz CT molecular complexity index is 887. The Kier molecular flexibility index (Phi) is 6.39. The van der Waals surface area contributed by atoms with E-state index in [-0.39, 0.29) is 5.91 Å². The van der Waals surface area contributed by atoms with Crippen LogP contribution in [-0.2, 0) is 22.4 Å². The molecule has 1 amide bonds. The van der Waals surface area contributed by atoms with Crippen molar-refractivity contribution in [1.29, 1.82) is 0 Å². The molecule has 0 fully saturated rings. The van der Waals surface area contributed by atoms with Gasteiger partial charge in [-0.3, -0.25) is 4.79 Å². The van der Waals surface area contributed by atoms with Crippen LogP contribution in [0.1, 0.15) is 58.1 Å². The van der Waals surface area contributed by atoms with Gasteiger partial charge in [0.25, 0.3) is 5.91 Å². The summed E-state index contributed by atoms with van der Waals surface area (Å²) >= 11 is 1.48. The lowest BCUT2D eigenvalue weighted by atomic mass is 9.95. The van der Waals surface area contributed by atoms with E-state index in [1.165, 1.54) is 23.3 Å². The Morgan fingerprint density at radius 1 is 1.21 bits per heavy atom. The maximum absolute atomic E-state index is 12.9. The van der Waals surface area contributed by atoms with Crippen molar-refractivity contribution in [2.24, 2.45) is 0 Å². The van der Waals surface area contributed by atoms with Crippen LogP contribution in [0, 0.1) is 13.8 Å². The summed E-state index contributed by atoms with van der Waals surface area (Å²) in [4.78, 5) is 26.4. The second kappa shape index (κ2) is 8.78. The average Bonchev–Trinajstić information content (AvgIpc) is 3.04. The fraction of sp³-hybridized carbons (Fsp3) is 0.455. The number of nitrogens with one attached hydrogen (secondary N) is 1. The highest BCUT2D eigenvalue weighted by Gasteiger charge is 2.29. The first-order valence-electron chi connectivity index (χ1n) is 9.72. The zero-order chi connectivity index (χ0) is 20.3. The van der Waals surface area contributed by atoms with Gasteiger partial charge in [0.05, 0.1) is 12.7 Å². The highest BCUT2D eigenvalue weighted by atomic mass is 32.1. The molecule has 3 rings (SSSR count). The fourth-order valence-corrected chi connectivity index (χ4v) is 4.85. The standard InChI is InChI=1S/C22H27NO4S/c1-5-16(27-17-11-10-13(2)12-14(17)3)20(24)23-21-19(22(25)26-4)15-8-6-7-9-18(15)28-21/h10-12,16H,5-9H2,1-4H3,(H,23,24)/t16-/m0/s1. The van der Waals surface area contributed by atoms with Crippen LogP contribution < -0.4 is 10.1 Å². The zero-order valence-electron chi connectivity index (χ0n) is 16.9. The third kappa shape index (κ3) is 4.22. The molecule has 1 aromatic heterocycles. The largest absolute Gasteiger partial charge is 0.480 e. The minimum absolute atomic E-state index is 0.244. The number of benzene rings is 1. The van der Waals surface area contributed by atoms with E-state index < -0.39 is 12.1 Å². The predicted molar refractivity (Wildman–Crippen MR) is 112 cm³/mol. The van der Waals surface area contributed by atoms with Gasteiger partial charge in [0.1, 0.15) is 10.8 Å². The van der Waals surface area contributed by atoms with Crippen LogP contribution in [0.15, 0.2) is 18.2 Å². The van der Waals surface area contributed by atoms with Crippen molar-refractivity contribution in [2.45, 2.75) is 59.0 Å². The Hall–Kier alpha value is -2.34. The molecule has 0 saturated carbocycles. The Labute approximate surface area is 170 Å². The first-order chi connectivity index (χ1) is 13.4. The molecule has 1 atom stereocenters. The molecule has 2 aromatic rings. The van der Waals surface area contributed by atoms with Crippen molar-refractivity contribution in [3.05, 3.63) is 45.3 Å². The SMILES string of the molecule is CC[C@H](Oc1ccc(C)cc1C)C(=O)Nc1sc2c(c1C(=O)OC)CCCC2. The van der Waals surface area contributed by atoms with Gasteiger partial charge in [-0.2, -0.15) is 0 Å². The Balaban J connectivity index is 1.82. The van der Waals surface area contributed by atoms with Crippen molar-refractivity contribution < 1.29 is 19.1 Å². The number of hydrogen-bond donors (Lipinski definition) is 1. The minimum Gasteiger partial charge on any atom is -0.480 e. The molecule has 1 aliphatic carbocycles. The zero-order valence-corrected chi connectivity index (χ0v) is 17.7. The number of ether oxygens (including phenoxy) is 2. The molecule has 5 nitrogen and oxygen atoms in total. The number of hydrogen-bond acceptors (Lipinski definition) is 5. The second-order valence-corrected chi connectivity index (χ2v) is 8.28. The maximum atomic E-state index is 12.9. The smallest absolute Gasteiger partial charge is 0.341 e. The monoisotopic (exact) mass is 401 g/mol. The van der Waals surface area contributed by atoms with Crippen LogP contribution >= 0.6 is 11.3 Å². The summed E-state index contributed by atoms with van der Waals surface area (Å²) in [6.45, 7) is 5.90. The van der Waals surface area contributed by atoms with Gasteiger partial charge < -0.3 is 14.8 Å². The molecule has 150 valence electrons. The van der Waals surface area contributed by atoms with Gasteiger partial charge in [0.15, 0.2) is 6.10 Å². The first kappa shape index (κ1) is 20.4. The summed E-state index contributed by atoms with van der Waals surface area (Å²) in [7, 11) is 1.37. The third-order valence-electron chi connectivity index (χ3n) is 5.06. The average molecular weight is 402 g/mol. The number of fused-ring (bicyclic) bond motifs is 1. The number of aryl methyl sites for hydroxylation is 3. The number of anilines is 1. The van der Waals surface area contributed by atoms with E-state index >= 15 is 0 Å². The van der Waals surface area contributed by atoms with Gasteiger partial charge in [-0.1, -0.05) is 24.6 Å². The van der Waals surface area contributed by atoms with E-state index in [0.29, 0.717) is 22.7 Å². The van der Waals surface area contributed by atoms with Gasteiger partial charge in [-0.05, 0) is 63.1 Å². The van der Waals surface area contributed by atoms with E-state index in [1.807, 2.05) is 39.0 Å². The molecule has 1 N–H and O–H groups in total. The van der Waals surface area contributed by atoms with E-state index in [9.17, 15) is 9.59 Å². The second-order valence-electron chi connectivity index (χ2n) is 7.18. The molecule has 1 heterocycles.